The second kappa shape index (κ2) is 5.82. The van der Waals surface area contributed by atoms with E-state index < -0.39 is 0 Å². The molecule has 2 atom stereocenters. The Kier molecular flexibility index (Phi) is 4.08. The predicted octanol–water partition coefficient (Wildman–Crippen LogP) is 2.70. The van der Waals surface area contributed by atoms with Crippen molar-refractivity contribution in [3.63, 3.8) is 0 Å². The monoisotopic (exact) mass is 313 g/mol. The fraction of sp³-hybridized carbons (Fsp3) is 0.500. The van der Waals surface area contributed by atoms with Crippen molar-refractivity contribution in [1.29, 1.82) is 0 Å². The number of aliphatic imine (C=N–C) groups is 1. The van der Waals surface area contributed by atoms with Crippen molar-refractivity contribution in [1.82, 2.24) is 4.90 Å². The van der Waals surface area contributed by atoms with E-state index in [1.807, 2.05) is 17.8 Å². The summed E-state index contributed by atoms with van der Waals surface area (Å²) < 4.78 is 13.4. The van der Waals surface area contributed by atoms with Crippen molar-refractivity contribution in [2.45, 2.75) is 18.4 Å². The Morgan fingerprint density at radius 3 is 2.85 bits per heavy atom. The summed E-state index contributed by atoms with van der Waals surface area (Å²) >= 11 is 7.64. The third-order valence-electron chi connectivity index (χ3n) is 3.76. The molecule has 20 heavy (non-hydrogen) atoms. The molecule has 0 aromatic heterocycles. The molecule has 1 heterocycles. The lowest BCUT2D eigenvalue weighted by Crippen LogP contribution is -2.42. The molecule has 1 aliphatic carbocycles. The van der Waals surface area contributed by atoms with E-state index in [-0.39, 0.29) is 22.8 Å². The number of hydrogen-bond donors (Lipinski definition) is 1. The van der Waals surface area contributed by atoms with Crippen LogP contribution >= 0.6 is 23.4 Å². The molecule has 3 nitrogen and oxygen atoms in total. The van der Waals surface area contributed by atoms with Gasteiger partial charge in [0.05, 0.1) is 11.1 Å². The van der Waals surface area contributed by atoms with Gasteiger partial charge in [-0.05, 0) is 24.1 Å². The Bertz CT molecular complexity index is 531. The van der Waals surface area contributed by atoms with Gasteiger partial charge in [0.15, 0.2) is 5.96 Å². The smallest absolute Gasteiger partial charge is 0.191 e. The summed E-state index contributed by atoms with van der Waals surface area (Å²) in [6, 6.07) is 5.18. The summed E-state index contributed by atoms with van der Waals surface area (Å²) in [5, 5.41) is 0.166. The summed E-state index contributed by atoms with van der Waals surface area (Å²) in [7, 11) is 0. The second-order valence-corrected chi connectivity index (χ2v) is 6.80. The van der Waals surface area contributed by atoms with E-state index in [2.05, 4.69) is 9.89 Å². The van der Waals surface area contributed by atoms with E-state index >= 15 is 0 Å². The van der Waals surface area contributed by atoms with Crippen LogP contribution in [0.2, 0.25) is 5.02 Å². The minimum Gasteiger partial charge on any atom is -0.370 e. The van der Waals surface area contributed by atoms with E-state index in [1.165, 1.54) is 6.07 Å². The molecule has 6 heteroatoms. The molecule has 3 rings (SSSR count). The Balaban J connectivity index is 1.64. The molecule has 2 aliphatic rings. The highest BCUT2D eigenvalue weighted by Gasteiger charge is 2.39. The highest BCUT2D eigenvalue weighted by atomic mass is 35.5. The van der Waals surface area contributed by atoms with E-state index in [0.717, 1.165) is 36.6 Å². The Morgan fingerprint density at radius 1 is 1.40 bits per heavy atom. The van der Waals surface area contributed by atoms with Gasteiger partial charge in [-0.2, -0.15) is 11.8 Å². The van der Waals surface area contributed by atoms with Gasteiger partial charge in [0.25, 0.3) is 0 Å². The highest BCUT2D eigenvalue weighted by Crippen LogP contribution is 2.44. The summed E-state index contributed by atoms with van der Waals surface area (Å²) in [6.07, 6.45) is 0.935. The molecular weight excluding hydrogens is 297 g/mol. The molecule has 2 N–H and O–H groups in total. The molecule has 1 aromatic carbocycles. The van der Waals surface area contributed by atoms with Crippen LogP contribution in [-0.4, -0.2) is 41.5 Å². The fourth-order valence-corrected chi connectivity index (χ4v) is 3.49. The van der Waals surface area contributed by atoms with Crippen molar-refractivity contribution in [2.24, 2.45) is 10.7 Å². The van der Waals surface area contributed by atoms with Gasteiger partial charge in [0.2, 0.25) is 0 Å². The molecule has 1 aliphatic heterocycles. The molecule has 0 radical (unpaired) electrons. The lowest BCUT2D eigenvalue weighted by molar-refractivity contribution is 0.455. The van der Waals surface area contributed by atoms with Gasteiger partial charge in [-0.15, -0.1) is 0 Å². The molecule has 108 valence electrons. The molecular formula is C14H17ClFN3S. The second-order valence-electron chi connectivity index (χ2n) is 5.17. The van der Waals surface area contributed by atoms with Crippen molar-refractivity contribution >= 4 is 29.3 Å². The van der Waals surface area contributed by atoms with Gasteiger partial charge in [0, 0.05) is 30.5 Å². The third-order valence-corrected chi connectivity index (χ3v) is 5.01. The Hall–Kier alpha value is -0.940. The summed E-state index contributed by atoms with van der Waals surface area (Å²) in [5.41, 5.74) is 7.02. The van der Waals surface area contributed by atoms with Gasteiger partial charge < -0.3 is 10.6 Å². The van der Waals surface area contributed by atoms with Gasteiger partial charge in [-0.25, -0.2) is 9.38 Å². The topological polar surface area (TPSA) is 41.6 Å². The maximum atomic E-state index is 13.4. The first-order valence-corrected chi connectivity index (χ1v) is 8.29. The number of halogens is 2. The van der Waals surface area contributed by atoms with Gasteiger partial charge in [0.1, 0.15) is 5.82 Å². The zero-order valence-corrected chi connectivity index (χ0v) is 12.6. The van der Waals surface area contributed by atoms with E-state index in [4.69, 9.17) is 17.3 Å². The zero-order valence-electron chi connectivity index (χ0n) is 11.1. The van der Waals surface area contributed by atoms with Crippen molar-refractivity contribution in [3.05, 3.63) is 34.6 Å². The number of thioether (sulfide) groups is 1. The lowest BCUT2D eigenvalue weighted by Gasteiger charge is -2.27. The standard InChI is InChI=1S/C14H17ClFN3S/c15-11-2-1-9(7-12(11)16)10-8-13(10)18-14(17)19-3-5-20-6-4-19/h1-2,7,10,13H,3-6,8H2,(H2,17,18)/t10-,13+/m0/s1. The summed E-state index contributed by atoms with van der Waals surface area (Å²) in [5.74, 6) is 2.76. The Morgan fingerprint density at radius 2 is 2.15 bits per heavy atom. The molecule has 0 amide bonds. The van der Waals surface area contributed by atoms with Crippen LogP contribution in [0, 0.1) is 5.82 Å². The minimum absolute atomic E-state index is 0.166. The number of nitrogens with two attached hydrogens (primary N) is 1. The summed E-state index contributed by atoms with van der Waals surface area (Å²) in [4.78, 5) is 6.71. The third kappa shape index (κ3) is 3.04. The van der Waals surface area contributed by atoms with Crippen LogP contribution < -0.4 is 5.73 Å². The number of hydrogen-bond acceptors (Lipinski definition) is 2. The highest BCUT2D eigenvalue weighted by molar-refractivity contribution is 7.99. The van der Waals surface area contributed by atoms with Crippen molar-refractivity contribution in [2.75, 3.05) is 24.6 Å². The summed E-state index contributed by atoms with van der Waals surface area (Å²) in [6.45, 7) is 1.93. The molecule has 0 unspecified atom stereocenters. The Labute approximate surface area is 127 Å². The first-order valence-electron chi connectivity index (χ1n) is 6.76. The molecule has 1 saturated heterocycles. The van der Waals surface area contributed by atoms with Crippen molar-refractivity contribution < 1.29 is 4.39 Å². The van der Waals surface area contributed by atoms with Crippen LogP contribution in [0.3, 0.4) is 0 Å². The maximum absolute atomic E-state index is 13.4. The SMILES string of the molecule is NC(=N[C@@H]1C[C@H]1c1ccc(Cl)c(F)c1)N1CCSCC1. The van der Waals surface area contributed by atoms with Crippen molar-refractivity contribution in [3.8, 4) is 0 Å². The van der Waals surface area contributed by atoms with E-state index in [9.17, 15) is 4.39 Å². The molecule has 0 spiro atoms. The van der Waals surface area contributed by atoms with Crippen LogP contribution in [0.15, 0.2) is 23.2 Å². The molecule has 1 saturated carbocycles. The quantitative estimate of drug-likeness (QED) is 0.674. The first-order chi connectivity index (χ1) is 9.65. The number of guanidine groups is 1. The van der Waals surface area contributed by atoms with Crippen LogP contribution in [0.25, 0.3) is 0 Å². The maximum Gasteiger partial charge on any atom is 0.191 e. The minimum atomic E-state index is -0.361. The lowest BCUT2D eigenvalue weighted by atomic mass is 10.1. The average Bonchev–Trinajstić information content (AvgIpc) is 3.22. The van der Waals surface area contributed by atoms with E-state index in [1.54, 1.807) is 6.07 Å². The zero-order chi connectivity index (χ0) is 14.1. The van der Waals surface area contributed by atoms with Crippen LogP contribution in [0.5, 0.6) is 0 Å². The molecule has 0 bridgehead atoms. The number of benzene rings is 1. The van der Waals surface area contributed by atoms with Crippen LogP contribution in [-0.2, 0) is 0 Å². The first kappa shape index (κ1) is 14.0. The number of nitrogens with zero attached hydrogens (tertiary/aromatic N) is 2. The molecule has 2 fully saturated rings. The van der Waals surface area contributed by atoms with Gasteiger partial charge in [-0.1, -0.05) is 17.7 Å². The largest absolute Gasteiger partial charge is 0.370 e. The molecule has 1 aromatic rings. The average molecular weight is 314 g/mol. The fourth-order valence-electron chi connectivity index (χ4n) is 2.47. The predicted molar refractivity (Wildman–Crippen MR) is 83.1 cm³/mol. The van der Waals surface area contributed by atoms with Crippen LogP contribution in [0.4, 0.5) is 4.39 Å². The normalized spacial score (nSPS) is 26.7. The van der Waals surface area contributed by atoms with Crippen LogP contribution in [0.1, 0.15) is 17.9 Å². The van der Waals surface area contributed by atoms with Gasteiger partial charge in [-0.3, -0.25) is 0 Å². The van der Waals surface area contributed by atoms with E-state index in [0.29, 0.717) is 5.96 Å². The van der Waals surface area contributed by atoms with Gasteiger partial charge >= 0.3 is 0 Å². The number of rotatable bonds is 2.